The first-order valence-corrected chi connectivity index (χ1v) is 12.1. The first kappa shape index (κ1) is 23.5. The molecule has 1 aliphatic heterocycles. The van der Waals surface area contributed by atoms with Gasteiger partial charge >= 0.3 is 6.09 Å². The summed E-state index contributed by atoms with van der Waals surface area (Å²) in [6.45, 7) is 3.59. The molecule has 0 unspecified atom stereocenters. The van der Waals surface area contributed by atoms with Gasteiger partial charge in [-0.25, -0.2) is 4.79 Å². The van der Waals surface area contributed by atoms with Gasteiger partial charge in [0.25, 0.3) is 0 Å². The lowest BCUT2D eigenvalue weighted by Crippen LogP contribution is -2.61. The van der Waals surface area contributed by atoms with Crippen LogP contribution in [-0.4, -0.2) is 50.2 Å². The van der Waals surface area contributed by atoms with Crippen molar-refractivity contribution in [1.82, 2.24) is 5.32 Å². The van der Waals surface area contributed by atoms with Crippen molar-refractivity contribution >= 4 is 56.5 Å². The Labute approximate surface area is 204 Å². The SMILES string of the molecule is CON=C1COCCN1c1ccc(NC(=O)C2(NC(=O)Oc3ccc(Br)s3)CCC2)cc1C. The molecule has 2 aliphatic rings. The van der Waals surface area contributed by atoms with E-state index in [1.807, 2.05) is 30.0 Å². The largest absolute Gasteiger partial charge is 0.414 e. The highest BCUT2D eigenvalue weighted by molar-refractivity contribution is 9.11. The Hall–Kier alpha value is -2.63. The number of aryl methyl sites for hydroxylation is 1. The van der Waals surface area contributed by atoms with Crippen molar-refractivity contribution in [3.05, 3.63) is 39.7 Å². The molecule has 2 fully saturated rings. The molecule has 0 atom stereocenters. The molecule has 2 aromatic rings. The highest BCUT2D eigenvalue weighted by atomic mass is 79.9. The molecule has 1 saturated carbocycles. The zero-order chi connectivity index (χ0) is 23.4. The summed E-state index contributed by atoms with van der Waals surface area (Å²) in [6, 6.07) is 9.18. The van der Waals surface area contributed by atoms with Gasteiger partial charge in [-0.3, -0.25) is 4.79 Å². The van der Waals surface area contributed by atoms with Gasteiger partial charge in [-0.2, -0.15) is 0 Å². The van der Waals surface area contributed by atoms with Crippen LogP contribution in [0.2, 0.25) is 0 Å². The number of amidine groups is 1. The van der Waals surface area contributed by atoms with E-state index in [1.165, 1.54) is 18.4 Å². The molecule has 11 heteroatoms. The van der Waals surface area contributed by atoms with Crippen LogP contribution in [0, 0.1) is 6.92 Å². The molecule has 1 aliphatic carbocycles. The number of nitrogens with one attached hydrogen (secondary N) is 2. The van der Waals surface area contributed by atoms with Crippen LogP contribution in [0.4, 0.5) is 16.2 Å². The van der Waals surface area contributed by atoms with Crippen molar-refractivity contribution in [2.24, 2.45) is 5.16 Å². The van der Waals surface area contributed by atoms with E-state index >= 15 is 0 Å². The van der Waals surface area contributed by atoms with Crippen LogP contribution in [0.25, 0.3) is 0 Å². The fourth-order valence-electron chi connectivity index (χ4n) is 3.86. The number of benzene rings is 1. The molecule has 2 N–H and O–H groups in total. The summed E-state index contributed by atoms with van der Waals surface area (Å²) in [5.74, 6) is 0.441. The fourth-order valence-corrected chi connectivity index (χ4v) is 5.05. The van der Waals surface area contributed by atoms with Gasteiger partial charge in [-0.15, -0.1) is 0 Å². The molecule has 9 nitrogen and oxygen atoms in total. The topological polar surface area (TPSA) is 101 Å². The molecular formula is C22H25BrN4O5S. The predicted molar refractivity (Wildman–Crippen MR) is 130 cm³/mol. The second-order valence-electron chi connectivity index (χ2n) is 7.86. The number of oxime groups is 1. The Bertz CT molecular complexity index is 1070. The quantitative estimate of drug-likeness (QED) is 0.534. The van der Waals surface area contributed by atoms with E-state index in [0.717, 1.165) is 21.5 Å². The Balaban J connectivity index is 1.43. The van der Waals surface area contributed by atoms with Crippen LogP contribution in [-0.2, 0) is 14.4 Å². The Morgan fingerprint density at radius 3 is 2.73 bits per heavy atom. The summed E-state index contributed by atoms with van der Waals surface area (Å²) in [6.07, 6.45) is 1.34. The highest BCUT2D eigenvalue weighted by Gasteiger charge is 2.46. The van der Waals surface area contributed by atoms with E-state index in [9.17, 15) is 9.59 Å². The summed E-state index contributed by atoms with van der Waals surface area (Å²) in [7, 11) is 1.50. The number of amides is 2. The maximum atomic E-state index is 13.1. The summed E-state index contributed by atoms with van der Waals surface area (Å²) in [5.41, 5.74) is 1.62. The van der Waals surface area contributed by atoms with Crippen molar-refractivity contribution in [2.45, 2.75) is 31.7 Å². The lowest BCUT2D eigenvalue weighted by Gasteiger charge is -2.40. The molecule has 2 amide bonds. The van der Waals surface area contributed by atoms with Gasteiger partial charge in [0.2, 0.25) is 5.91 Å². The van der Waals surface area contributed by atoms with Crippen LogP contribution < -0.4 is 20.3 Å². The number of carbonyl (C=O) groups is 2. The van der Waals surface area contributed by atoms with Gasteiger partial charge in [-0.1, -0.05) is 16.5 Å². The molecule has 1 aromatic carbocycles. The van der Waals surface area contributed by atoms with E-state index in [1.54, 1.807) is 12.1 Å². The monoisotopic (exact) mass is 536 g/mol. The zero-order valence-corrected chi connectivity index (χ0v) is 20.8. The van der Waals surface area contributed by atoms with Crippen molar-refractivity contribution in [3.8, 4) is 5.06 Å². The minimum atomic E-state index is -0.972. The average molecular weight is 537 g/mol. The zero-order valence-electron chi connectivity index (χ0n) is 18.4. The van der Waals surface area contributed by atoms with E-state index in [-0.39, 0.29) is 5.91 Å². The first-order chi connectivity index (χ1) is 15.9. The number of thiophene rings is 1. The Morgan fingerprint density at radius 1 is 1.27 bits per heavy atom. The summed E-state index contributed by atoms with van der Waals surface area (Å²) < 4.78 is 11.7. The number of hydrogen-bond donors (Lipinski definition) is 2. The van der Waals surface area contributed by atoms with Gasteiger partial charge < -0.3 is 29.8 Å². The van der Waals surface area contributed by atoms with Gasteiger partial charge in [0.05, 0.1) is 10.4 Å². The maximum Gasteiger partial charge on any atom is 0.414 e. The van der Waals surface area contributed by atoms with Gasteiger partial charge in [0.15, 0.2) is 10.9 Å². The molecular weight excluding hydrogens is 512 g/mol. The van der Waals surface area contributed by atoms with Gasteiger partial charge in [0.1, 0.15) is 19.3 Å². The molecule has 33 heavy (non-hydrogen) atoms. The molecule has 2 heterocycles. The fraction of sp³-hybridized carbons (Fsp3) is 0.409. The lowest BCUT2D eigenvalue weighted by atomic mass is 9.76. The Kier molecular flexibility index (Phi) is 7.20. The number of carbonyl (C=O) groups excluding carboxylic acids is 2. The number of hydrogen-bond acceptors (Lipinski definition) is 7. The predicted octanol–water partition coefficient (Wildman–Crippen LogP) is 4.27. The molecule has 176 valence electrons. The second-order valence-corrected chi connectivity index (χ2v) is 10.3. The minimum absolute atomic E-state index is 0.252. The number of nitrogens with zero attached hydrogens (tertiary/aromatic N) is 2. The molecule has 1 aromatic heterocycles. The van der Waals surface area contributed by atoms with E-state index < -0.39 is 11.6 Å². The lowest BCUT2D eigenvalue weighted by molar-refractivity contribution is -0.125. The van der Waals surface area contributed by atoms with E-state index in [0.29, 0.717) is 49.2 Å². The van der Waals surface area contributed by atoms with Crippen LogP contribution in [0.1, 0.15) is 24.8 Å². The molecule has 0 spiro atoms. The van der Waals surface area contributed by atoms with Crippen LogP contribution >= 0.6 is 27.3 Å². The molecule has 1 saturated heterocycles. The number of halogens is 1. The van der Waals surface area contributed by atoms with E-state index in [4.69, 9.17) is 14.3 Å². The van der Waals surface area contributed by atoms with Gasteiger partial charge in [0, 0.05) is 17.9 Å². The standard InChI is InChI=1S/C22H25BrN4O5S/c1-14-12-15(4-5-16(14)27-10-11-31-13-18(27)26-30-2)24-20(28)22(8-3-9-22)25-21(29)32-19-7-6-17(23)33-19/h4-7,12H,3,8-11,13H2,1-2H3,(H,24,28)(H,25,29). The smallest absolute Gasteiger partial charge is 0.399 e. The number of anilines is 2. The van der Waals surface area contributed by atoms with Gasteiger partial charge in [-0.05, 0) is 78.0 Å². The Morgan fingerprint density at radius 2 is 2.09 bits per heavy atom. The first-order valence-electron chi connectivity index (χ1n) is 10.5. The molecule has 0 radical (unpaired) electrons. The highest BCUT2D eigenvalue weighted by Crippen LogP contribution is 2.35. The van der Waals surface area contributed by atoms with Crippen molar-refractivity contribution < 1.29 is 23.9 Å². The van der Waals surface area contributed by atoms with Crippen LogP contribution in [0.15, 0.2) is 39.3 Å². The molecule has 0 bridgehead atoms. The van der Waals surface area contributed by atoms with E-state index in [2.05, 4.69) is 31.7 Å². The molecule has 4 rings (SSSR count). The maximum absolute atomic E-state index is 13.1. The third kappa shape index (κ3) is 5.31. The number of ether oxygens (including phenoxy) is 2. The van der Waals surface area contributed by atoms with Crippen molar-refractivity contribution in [2.75, 3.05) is 37.1 Å². The van der Waals surface area contributed by atoms with Crippen molar-refractivity contribution in [3.63, 3.8) is 0 Å². The average Bonchev–Trinajstić information content (AvgIpc) is 3.16. The minimum Gasteiger partial charge on any atom is -0.399 e. The van der Waals surface area contributed by atoms with Crippen molar-refractivity contribution in [1.29, 1.82) is 0 Å². The number of morpholine rings is 1. The third-order valence-corrected chi connectivity index (χ3v) is 7.17. The third-order valence-electron chi connectivity index (χ3n) is 5.67. The van der Waals surface area contributed by atoms with Crippen LogP contribution in [0.3, 0.4) is 0 Å². The summed E-state index contributed by atoms with van der Waals surface area (Å²) >= 11 is 4.64. The summed E-state index contributed by atoms with van der Waals surface area (Å²) in [5, 5.41) is 10.2. The normalized spacial score (nSPS) is 18.4. The van der Waals surface area contributed by atoms with Crippen LogP contribution in [0.5, 0.6) is 5.06 Å². The number of rotatable bonds is 6. The second kappa shape index (κ2) is 10.1. The summed E-state index contributed by atoms with van der Waals surface area (Å²) in [4.78, 5) is 32.5.